The van der Waals surface area contributed by atoms with Gasteiger partial charge in [-0.25, -0.2) is 0 Å². The molecule has 0 aliphatic carbocycles. The summed E-state index contributed by atoms with van der Waals surface area (Å²) in [5.41, 5.74) is 5.97. The maximum Gasteiger partial charge on any atom is 0.0292 e. The van der Waals surface area contributed by atoms with E-state index in [1.165, 1.54) is 33.0 Å². The van der Waals surface area contributed by atoms with Crippen LogP contribution >= 0.6 is 31.9 Å². The van der Waals surface area contributed by atoms with Crippen molar-refractivity contribution >= 4 is 42.6 Å². The molecule has 0 saturated heterocycles. The van der Waals surface area contributed by atoms with Crippen LogP contribution in [-0.2, 0) is 23.5 Å². The molecule has 2 aromatic carbocycles. The predicted octanol–water partition coefficient (Wildman–Crippen LogP) is 5.75. The largest absolute Gasteiger partial charge is 0.0876 e. The summed E-state index contributed by atoms with van der Waals surface area (Å²) in [6.07, 6.45) is 2.21. The highest BCUT2D eigenvalue weighted by Crippen LogP contribution is 2.34. The average molecular weight is 370 g/mol. The second-order valence-corrected chi connectivity index (χ2v) is 5.56. The van der Waals surface area contributed by atoms with Crippen molar-refractivity contribution in [2.45, 2.75) is 37.3 Å². The molecule has 0 radical (unpaired) electrons. The summed E-state index contributed by atoms with van der Waals surface area (Å²) >= 11 is 7.33. The molecule has 18 heavy (non-hydrogen) atoms. The second kappa shape index (κ2) is 6.21. The average Bonchev–Trinajstić information content (AvgIpc) is 2.44. The third-order valence-corrected chi connectivity index (χ3v) is 4.77. The molecular formula is C16H18Br2. The van der Waals surface area contributed by atoms with E-state index >= 15 is 0 Å². The summed E-state index contributed by atoms with van der Waals surface area (Å²) in [6, 6.07) is 8.79. The molecule has 2 rings (SSSR count). The van der Waals surface area contributed by atoms with Gasteiger partial charge in [0.1, 0.15) is 0 Å². The normalized spacial score (nSPS) is 11.1. The molecule has 0 aliphatic rings. The van der Waals surface area contributed by atoms with E-state index in [4.69, 9.17) is 0 Å². The quantitative estimate of drug-likeness (QED) is 0.601. The van der Waals surface area contributed by atoms with Gasteiger partial charge in [0.15, 0.2) is 0 Å². The molecule has 0 fully saturated rings. The summed E-state index contributed by atoms with van der Waals surface area (Å²) in [7, 11) is 0. The minimum absolute atomic E-state index is 0.922. The van der Waals surface area contributed by atoms with Gasteiger partial charge >= 0.3 is 0 Å². The monoisotopic (exact) mass is 368 g/mol. The van der Waals surface area contributed by atoms with Crippen LogP contribution < -0.4 is 0 Å². The summed E-state index contributed by atoms with van der Waals surface area (Å²) in [4.78, 5) is 0. The summed E-state index contributed by atoms with van der Waals surface area (Å²) < 4.78 is 0. The van der Waals surface area contributed by atoms with Gasteiger partial charge < -0.3 is 0 Å². The number of aryl methyl sites for hydroxylation is 1. The highest BCUT2D eigenvalue weighted by molar-refractivity contribution is 9.09. The van der Waals surface area contributed by atoms with Crippen molar-refractivity contribution in [3.8, 4) is 0 Å². The van der Waals surface area contributed by atoms with Crippen molar-refractivity contribution in [3.05, 3.63) is 46.5 Å². The minimum Gasteiger partial charge on any atom is -0.0876 e. The SMILES string of the molecule is CCc1c(CBr)c(CBr)c2ccccc2c1CC. The van der Waals surface area contributed by atoms with Crippen molar-refractivity contribution in [2.24, 2.45) is 0 Å². The van der Waals surface area contributed by atoms with Crippen LogP contribution in [0.5, 0.6) is 0 Å². The Morgan fingerprint density at radius 3 is 1.67 bits per heavy atom. The summed E-state index contributed by atoms with van der Waals surface area (Å²) in [6.45, 7) is 4.51. The molecule has 0 amide bonds. The maximum atomic E-state index is 3.67. The summed E-state index contributed by atoms with van der Waals surface area (Å²) in [5.74, 6) is 0. The first-order chi connectivity index (χ1) is 8.78. The Morgan fingerprint density at radius 1 is 0.722 bits per heavy atom. The van der Waals surface area contributed by atoms with Crippen molar-refractivity contribution in [1.29, 1.82) is 0 Å². The molecule has 0 unspecified atom stereocenters. The van der Waals surface area contributed by atoms with E-state index in [-0.39, 0.29) is 0 Å². The molecular weight excluding hydrogens is 352 g/mol. The number of rotatable bonds is 4. The van der Waals surface area contributed by atoms with Crippen LogP contribution in [0.1, 0.15) is 36.1 Å². The first-order valence-electron chi connectivity index (χ1n) is 6.44. The molecule has 96 valence electrons. The third-order valence-electron chi connectivity index (χ3n) is 3.64. The molecule has 0 aromatic heterocycles. The molecule has 0 saturated carbocycles. The Hall–Kier alpha value is -0.340. The molecule has 2 heteroatoms. The fraction of sp³-hybridized carbons (Fsp3) is 0.375. The van der Waals surface area contributed by atoms with Gasteiger partial charge in [-0.3, -0.25) is 0 Å². The first kappa shape index (κ1) is 14.1. The fourth-order valence-corrected chi connectivity index (χ4v) is 4.16. The number of alkyl halides is 2. The van der Waals surface area contributed by atoms with Gasteiger partial charge in [0, 0.05) is 10.7 Å². The van der Waals surface area contributed by atoms with Crippen LogP contribution in [0.4, 0.5) is 0 Å². The fourth-order valence-electron chi connectivity index (χ4n) is 2.84. The zero-order valence-corrected chi connectivity index (χ0v) is 14.1. The molecule has 0 N–H and O–H groups in total. The van der Waals surface area contributed by atoms with Gasteiger partial charge in [-0.2, -0.15) is 0 Å². The lowest BCUT2D eigenvalue weighted by Crippen LogP contribution is -2.03. The maximum absolute atomic E-state index is 3.67. The van der Waals surface area contributed by atoms with Gasteiger partial charge in [-0.15, -0.1) is 0 Å². The van der Waals surface area contributed by atoms with Crippen LogP contribution in [0.15, 0.2) is 24.3 Å². The van der Waals surface area contributed by atoms with E-state index in [9.17, 15) is 0 Å². The zero-order chi connectivity index (χ0) is 13.1. The summed E-state index contributed by atoms with van der Waals surface area (Å²) in [5, 5.41) is 4.69. The lowest BCUT2D eigenvalue weighted by molar-refractivity contribution is 1.02. The Balaban J connectivity index is 2.94. The van der Waals surface area contributed by atoms with E-state index in [1.807, 2.05) is 0 Å². The lowest BCUT2D eigenvalue weighted by atomic mass is 9.88. The van der Waals surface area contributed by atoms with E-state index in [1.54, 1.807) is 0 Å². The van der Waals surface area contributed by atoms with E-state index in [0.29, 0.717) is 0 Å². The number of benzene rings is 2. The minimum atomic E-state index is 0.922. The number of fused-ring (bicyclic) bond motifs is 1. The molecule has 0 nitrogen and oxygen atoms in total. The standard InChI is InChI=1S/C16H18Br2/c1-3-11-12(4-2)15(9-17)16(10-18)14-8-6-5-7-13(11)14/h5-8H,3-4,9-10H2,1-2H3. The lowest BCUT2D eigenvalue weighted by Gasteiger charge is -2.19. The third kappa shape index (κ3) is 2.25. The van der Waals surface area contributed by atoms with Crippen molar-refractivity contribution in [2.75, 3.05) is 0 Å². The molecule has 0 bridgehead atoms. The Kier molecular flexibility index (Phi) is 4.85. The van der Waals surface area contributed by atoms with Gasteiger partial charge in [0.2, 0.25) is 0 Å². The number of hydrogen-bond acceptors (Lipinski definition) is 0. The van der Waals surface area contributed by atoms with Gasteiger partial charge in [-0.05, 0) is 45.9 Å². The van der Waals surface area contributed by atoms with Crippen molar-refractivity contribution < 1.29 is 0 Å². The smallest absolute Gasteiger partial charge is 0.0292 e. The van der Waals surface area contributed by atoms with E-state index in [0.717, 1.165) is 23.5 Å². The van der Waals surface area contributed by atoms with E-state index in [2.05, 4.69) is 70.0 Å². The van der Waals surface area contributed by atoms with Gasteiger partial charge in [0.25, 0.3) is 0 Å². The van der Waals surface area contributed by atoms with Crippen LogP contribution in [-0.4, -0.2) is 0 Å². The molecule has 2 aromatic rings. The molecule has 0 atom stereocenters. The number of halogens is 2. The second-order valence-electron chi connectivity index (χ2n) is 4.43. The predicted molar refractivity (Wildman–Crippen MR) is 88.0 cm³/mol. The highest BCUT2D eigenvalue weighted by Gasteiger charge is 2.15. The van der Waals surface area contributed by atoms with Gasteiger partial charge in [-0.1, -0.05) is 70.0 Å². The van der Waals surface area contributed by atoms with Crippen LogP contribution in [0.25, 0.3) is 10.8 Å². The van der Waals surface area contributed by atoms with Crippen LogP contribution in [0.2, 0.25) is 0 Å². The zero-order valence-electron chi connectivity index (χ0n) is 10.9. The van der Waals surface area contributed by atoms with E-state index < -0.39 is 0 Å². The van der Waals surface area contributed by atoms with Crippen molar-refractivity contribution in [1.82, 2.24) is 0 Å². The molecule has 0 spiro atoms. The van der Waals surface area contributed by atoms with Crippen LogP contribution in [0, 0.1) is 0 Å². The Labute approximate surface area is 126 Å². The number of hydrogen-bond donors (Lipinski definition) is 0. The topological polar surface area (TPSA) is 0 Å². The Bertz CT molecular complexity index is 508. The Morgan fingerprint density at radius 2 is 1.22 bits per heavy atom. The molecule has 0 heterocycles. The highest BCUT2D eigenvalue weighted by atomic mass is 79.9. The molecule has 0 aliphatic heterocycles. The van der Waals surface area contributed by atoms with Crippen molar-refractivity contribution in [3.63, 3.8) is 0 Å². The van der Waals surface area contributed by atoms with Gasteiger partial charge in [0.05, 0.1) is 0 Å². The van der Waals surface area contributed by atoms with Crippen LogP contribution in [0.3, 0.4) is 0 Å². The first-order valence-corrected chi connectivity index (χ1v) is 8.68.